The number of carbonyl (C=O) groups is 1. The van der Waals surface area contributed by atoms with Crippen molar-refractivity contribution >= 4 is 21.6 Å². The normalized spacial score (nSPS) is 16.2. The number of nitrogens with zero attached hydrogens (tertiary/aromatic N) is 2. The number of amides is 1. The van der Waals surface area contributed by atoms with Gasteiger partial charge < -0.3 is 19.5 Å². The lowest BCUT2D eigenvalue weighted by molar-refractivity contribution is 0.0729. The summed E-state index contributed by atoms with van der Waals surface area (Å²) in [5.74, 6) is 0.541. The lowest BCUT2D eigenvalue weighted by Crippen LogP contribution is -2.40. The quantitative estimate of drug-likeness (QED) is 0.646. The maximum atomic E-state index is 13.5. The molecule has 1 N–H and O–H groups in total. The first kappa shape index (κ1) is 20.4. The molecule has 0 radical (unpaired) electrons. The fraction of sp³-hybridized carbons (Fsp3) is 0.182. The van der Waals surface area contributed by atoms with Gasteiger partial charge in [0.05, 0.1) is 30.7 Å². The van der Waals surface area contributed by atoms with Crippen molar-refractivity contribution in [2.75, 3.05) is 31.6 Å². The molecule has 32 heavy (non-hydrogen) atoms. The highest BCUT2D eigenvalue weighted by atomic mass is 32.2. The second kappa shape index (κ2) is 8.23. The highest BCUT2D eigenvalue weighted by Gasteiger charge is 2.33. The number of hydrogen-bond acceptors (Lipinski definition) is 7. The van der Waals surface area contributed by atoms with Gasteiger partial charge in [0.15, 0.2) is 11.5 Å². The Kier molecular flexibility index (Phi) is 5.25. The fourth-order valence-corrected chi connectivity index (χ4v) is 5.04. The number of pyridine rings is 1. The third kappa shape index (κ3) is 3.79. The van der Waals surface area contributed by atoms with E-state index < -0.39 is 15.9 Å². The Morgan fingerprint density at radius 2 is 1.84 bits per heavy atom. The van der Waals surface area contributed by atoms with Crippen molar-refractivity contribution in [3.63, 3.8) is 0 Å². The number of nitrogens with one attached hydrogen (secondary N) is 1. The number of para-hydroxylation sites is 2. The number of fused-ring (bicyclic) bond motifs is 2. The molecule has 1 amide bonds. The maximum Gasteiger partial charge on any atom is 0.259 e. The molecule has 2 aliphatic heterocycles. The van der Waals surface area contributed by atoms with Gasteiger partial charge in [-0.05, 0) is 30.3 Å². The van der Waals surface area contributed by atoms with Crippen molar-refractivity contribution in [2.24, 2.45) is 0 Å². The zero-order valence-corrected chi connectivity index (χ0v) is 17.7. The standard InChI is InChI=1S/C22H19N3O6S/c26-22-16-12-21(32(27,28)25-8-10-29-11-9-25)20(30-15-4-3-7-23-14-15)13-19(16)31-18-6-2-1-5-17(18)24-22/h1-7,12-14H,8-11H2,(H,24,26). The summed E-state index contributed by atoms with van der Waals surface area (Å²) in [6, 6.07) is 13.0. The number of ether oxygens (including phenoxy) is 3. The van der Waals surface area contributed by atoms with Gasteiger partial charge in [0.1, 0.15) is 16.4 Å². The number of sulfonamides is 1. The molecule has 5 rings (SSSR count). The van der Waals surface area contributed by atoms with Gasteiger partial charge in [-0.3, -0.25) is 9.78 Å². The first-order valence-electron chi connectivity index (χ1n) is 9.94. The summed E-state index contributed by atoms with van der Waals surface area (Å²) < 4.78 is 45.5. The van der Waals surface area contributed by atoms with Crippen LogP contribution >= 0.6 is 0 Å². The molecule has 3 aromatic rings. The third-order valence-corrected chi connectivity index (χ3v) is 7.02. The van der Waals surface area contributed by atoms with Gasteiger partial charge >= 0.3 is 0 Å². The van der Waals surface area contributed by atoms with Crippen molar-refractivity contribution in [3.05, 3.63) is 66.5 Å². The van der Waals surface area contributed by atoms with Gasteiger partial charge in [0.2, 0.25) is 10.0 Å². The molecule has 0 atom stereocenters. The molecule has 10 heteroatoms. The van der Waals surface area contributed by atoms with E-state index in [9.17, 15) is 13.2 Å². The SMILES string of the molecule is O=C1Nc2ccccc2Oc2cc(Oc3cccnc3)c(S(=O)(=O)N3CCOCC3)cc21. The largest absolute Gasteiger partial charge is 0.454 e. The lowest BCUT2D eigenvalue weighted by Gasteiger charge is -2.27. The van der Waals surface area contributed by atoms with E-state index >= 15 is 0 Å². The molecular weight excluding hydrogens is 434 g/mol. The average Bonchev–Trinajstić information content (AvgIpc) is 2.95. The van der Waals surface area contributed by atoms with Gasteiger partial charge in [-0.2, -0.15) is 4.31 Å². The number of rotatable bonds is 4. The first-order valence-corrected chi connectivity index (χ1v) is 11.4. The molecule has 2 aromatic carbocycles. The number of carbonyl (C=O) groups excluding carboxylic acids is 1. The van der Waals surface area contributed by atoms with Crippen LogP contribution in [0.2, 0.25) is 0 Å². The Hall–Kier alpha value is -3.47. The van der Waals surface area contributed by atoms with Crippen LogP contribution in [0.25, 0.3) is 0 Å². The average molecular weight is 453 g/mol. The summed E-state index contributed by atoms with van der Waals surface area (Å²) in [7, 11) is -3.98. The summed E-state index contributed by atoms with van der Waals surface area (Å²) >= 11 is 0. The molecule has 164 valence electrons. The molecule has 1 aromatic heterocycles. The van der Waals surface area contributed by atoms with Crippen molar-refractivity contribution in [3.8, 4) is 23.0 Å². The van der Waals surface area contributed by atoms with E-state index in [1.54, 1.807) is 42.6 Å². The van der Waals surface area contributed by atoms with Crippen LogP contribution in [0.1, 0.15) is 10.4 Å². The summed E-state index contributed by atoms with van der Waals surface area (Å²) in [5, 5.41) is 2.76. The van der Waals surface area contributed by atoms with Crippen LogP contribution in [0.5, 0.6) is 23.0 Å². The molecule has 3 heterocycles. The van der Waals surface area contributed by atoms with Gasteiger partial charge in [-0.15, -0.1) is 0 Å². The van der Waals surface area contributed by atoms with Crippen LogP contribution < -0.4 is 14.8 Å². The molecular formula is C22H19N3O6S. The summed E-state index contributed by atoms with van der Waals surface area (Å²) in [5.41, 5.74) is 0.576. The van der Waals surface area contributed by atoms with Crippen LogP contribution in [0, 0.1) is 0 Å². The van der Waals surface area contributed by atoms with E-state index in [0.717, 1.165) is 0 Å². The molecule has 0 unspecified atom stereocenters. The second-order valence-corrected chi connectivity index (χ2v) is 9.06. The van der Waals surface area contributed by atoms with Gasteiger partial charge in [-0.25, -0.2) is 8.42 Å². The third-order valence-electron chi connectivity index (χ3n) is 5.10. The Morgan fingerprint density at radius 3 is 2.62 bits per heavy atom. The molecule has 1 fully saturated rings. The number of hydrogen-bond donors (Lipinski definition) is 1. The molecule has 0 aliphatic carbocycles. The minimum Gasteiger partial charge on any atom is -0.454 e. The molecule has 9 nitrogen and oxygen atoms in total. The van der Waals surface area contributed by atoms with Crippen LogP contribution in [-0.2, 0) is 14.8 Å². The summed E-state index contributed by atoms with van der Waals surface area (Å²) in [4.78, 5) is 16.8. The van der Waals surface area contributed by atoms with Crippen molar-refractivity contribution in [1.82, 2.24) is 9.29 Å². The zero-order chi connectivity index (χ0) is 22.1. The minimum atomic E-state index is -3.98. The smallest absolute Gasteiger partial charge is 0.259 e. The topological polar surface area (TPSA) is 107 Å². The van der Waals surface area contributed by atoms with Crippen molar-refractivity contribution in [2.45, 2.75) is 4.90 Å². The van der Waals surface area contributed by atoms with Gasteiger partial charge in [-0.1, -0.05) is 12.1 Å². The van der Waals surface area contributed by atoms with E-state index in [1.165, 1.54) is 22.6 Å². The van der Waals surface area contributed by atoms with E-state index in [0.29, 0.717) is 30.4 Å². The van der Waals surface area contributed by atoms with Crippen molar-refractivity contribution < 1.29 is 27.4 Å². The number of benzene rings is 2. The molecule has 0 bridgehead atoms. The summed E-state index contributed by atoms with van der Waals surface area (Å²) in [6.07, 6.45) is 3.05. The Bertz CT molecular complexity index is 1270. The van der Waals surface area contributed by atoms with Crippen LogP contribution in [0.3, 0.4) is 0 Å². The van der Waals surface area contributed by atoms with Crippen LogP contribution in [0.15, 0.2) is 65.8 Å². The lowest BCUT2D eigenvalue weighted by atomic mass is 10.1. The van der Waals surface area contributed by atoms with Crippen molar-refractivity contribution in [1.29, 1.82) is 0 Å². The molecule has 0 saturated carbocycles. The number of morpholine rings is 1. The highest BCUT2D eigenvalue weighted by molar-refractivity contribution is 7.89. The predicted molar refractivity (Wildman–Crippen MR) is 115 cm³/mol. The Labute approximate surface area is 184 Å². The second-order valence-electron chi connectivity index (χ2n) is 7.15. The molecule has 2 aliphatic rings. The van der Waals surface area contributed by atoms with Gasteiger partial charge in [0, 0.05) is 25.4 Å². The van der Waals surface area contributed by atoms with E-state index in [2.05, 4.69) is 10.3 Å². The first-order chi connectivity index (χ1) is 15.5. The highest BCUT2D eigenvalue weighted by Crippen LogP contribution is 2.41. The summed E-state index contributed by atoms with van der Waals surface area (Å²) in [6.45, 7) is 1.00. The predicted octanol–water partition coefficient (Wildman–Crippen LogP) is 3.25. The molecule has 1 saturated heterocycles. The fourth-order valence-electron chi connectivity index (χ4n) is 3.51. The van der Waals surface area contributed by atoms with Crippen LogP contribution in [-0.4, -0.2) is 49.9 Å². The zero-order valence-electron chi connectivity index (χ0n) is 16.9. The number of aromatic nitrogens is 1. The van der Waals surface area contributed by atoms with Crippen LogP contribution in [0.4, 0.5) is 5.69 Å². The monoisotopic (exact) mass is 453 g/mol. The van der Waals surface area contributed by atoms with Gasteiger partial charge in [0.25, 0.3) is 5.91 Å². The number of anilines is 1. The van der Waals surface area contributed by atoms with E-state index in [1.807, 2.05) is 0 Å². The van der Waals surface area contributed by atoms with E-state index in [4.69, 9.17) is 14.2 Å². The Balaban J connectivity index is 1.65. The van der Waals surface area contributed by atoms with E-state index in [-0.39, 0.29) is 35.0 Å². The molecule has 0 spiro atoms. The Morgan fingerprint density at radius 1 is 1.03 bits per heavy atom. The maximum absolute atomic E-state index is 13.5. The minimum absolute atomic E-state index is 0.0374.